The molecular weight excluding hydrogens is 290 g/mol. The molecule has 3 heteroatoms. The Hall–Kier alpha value is -1.61. The zero-order chi connectivity index (χ0) is 12.5. The van der Waals surface area contributed by atoms with Gasteiger partial charge >= 0.3 is 0 Å². The predicted octanol–water partition coefficient (Wildman–Crippen LogP) is 3.48. The summed E-state index contributed by atoms with van der Waals surface area (Å²) >= 11 is 3.42. The van der Waals surface area contributed by atoms with Gasteiger partial charge < -0.3 is 5.32 Å². The lowest BCUT2D eigenvalue weighted by Gasteiger charge is -2.26. The highest BCUT2D eigenvalue weighted by atomic mass is 79.9. The Morgan fingerprint density at radius 3 is 2.56 bits per heavy atom. The van der Waals surface area contributed by atoms with Gasteiger partial charge in [0.25, 0.3) is 5.91 Å². The fourth-order valence-electron chi connectivity index (χ4n) is 2.32. The summed E-state index contributed by atoms with van der Waals surface area (Å²) in [6.07, 6.45) is 0.851. The minimum atomic E-state index is 0.0183. The lowest BCUT2D eigenvalue weighted by atomic mass is 9.91. The molecule has 1 amide bonds. The van der Waals surface area contributed by atoms with Crippen molar-refractivity contribution in [2.24, 2.45) is 0 Å². The maximum atomic E-state index is 12.0. The summed E-state index contributed by atoms with van der Waals surface area (Å²) < 4.78 is 1.05. The molecule has 0 aromatic heterocycles. The second-order valence-electron chi connectivity index (χ2n) is 4.44. The number of halogens is 1. The number of hydrogen-bond acceptors (Lipinski definition) is 1. The number of hydrogen-bond donors (Lipinski definition) is 1. The Bertz CT molecular complexity index is 592. The molecule has 1 N–H and O–H groups in total. The predicted molar refractivity (Wildman–Crippen MR) is 74.5 cm³/mol. The van der Waals surface area contributed by atoms with Crippen molar-refractivity contribution in [1.29, 1.82) is 0 Å². The molecule has 90 valence electrons. The number of nitrogens with one attached hydrogen (secondary N) is 1. The van der Waals surface area contributed by atoms with Crippen LogP contribution in [-0.4, -0.2) is 5.91 Å². The van der Waals surface area contributed by atoms with Gasteiger partial charge in [0, 0.05) is 10.0 Å². The summed E-state index contributed by atoms with van der Waals surface area (Å²) in [4.78, 5) is 12.0. The smallest absolute Gasteiger partial charge is 0.252 e. The van der Waals surface area contributed by atoms with Crippen LogP contribution in [0.25, 0.3) is 0 Å². The van der Waals surface area contributed by atoms with Crippen LogP contribution in [0.1, 0.15) is 27.5 Å². The molecule has 0 saturated carbocycles. The molecule has 0 unspecified atom stereocenters. The van der Waals surface area contributed by atoms with Crippen LogP contribution < -0.4 is 5.32 Å². The van der Waals surface area contributed by atoms with Crippen LogP contribution in [-0.2, 0) is 6.42 Å². The quantitative estimate of drug-likeness (QED) is 0.858. The zero-order valence-corrected chi connectivity index (χ0v) is 11.3. The molecule has 1 heterocycles. The van der Waals surface area contributed by atoms with Gasteiger partial charge in [-0.15, -0.1) is 0 Å². The van der Waals surface area contributed by atoms with E-state index in [9.17, 15) is 4.79 Å². The Morgan fingerprint density at radius 1 is 1.06 bits per heavy atom. The topological polar surface area (TPSA) is 29.1 Å². The molecule has 0 fully saturated rings. The largest absolute Gasteiger partial charge is 0.345 e. The molecule has 0 spiro atoms. The van der Waals surface area contributed by atoms with Gasteiger partial charge in [-0.1, -0.05) is 46.3 Å². The first kappa shape index (κ1) is 11.5. The van der Waals surface area contributed by atoms with Crippen LogP contribution in [0.15, 0.2) is 53.0 Å². The van der Waals surface area contributed by atoms with Crippen molar-refractivity contribution < 1.29 is 4.79 Å². The van der Waals surface area contributed by atoms with E-state index in [1.54, 1.807) is 0 Å². The number of benzene rings is 2. The Labute approximate surface area is 114 Å². The van der Waals surface area contributed by atoms with Gasteiger partial charge in [0.05, 0.1) is 6.04 Å². The Balaban J connectivity index is 1.94. The van der Waals surface area contributed by atoms with E-state index in [-0.39, 0.29) is 11.9 Å². The average Bonchev–Trinajstić information content (AvgIpc) is 2.39. The summed E-state index contributed by atoms with van der Waals surface area (Å²) in [5.41, 5.74) is 3.06. The van der Waals surface area contributed by atoms with Crippen LogP contribution in [0.3, 0.4) is 0 Å². The van der Waals surface area contributed by atoms with Crippen LogP contribution >= 0.6 is 15.9 Å². The third kappa shape index (κ3) is 2.06. The molecule has 2 aromatic carbocycles. The van der Waals surface area contributed by atoms with Gasteiger partial charge in [0.1, 0.15) is 0 Å². The van der Waals surface area contributed by atoms with Crippen LogP contribution in [0.4, 0.5) is 0 Å². The molecule has 1 atom stereocenters. The van der Waals surface area contributed by atoms with E-state index in [4.69, 9.17) is 0 Å². The number of fused-ring (bicyclic) bond motifs is 1. The van der Waals surface area contributed by atoms with Gasteiger partial charge in [0.15, 0.2) is 0 Å². The summed E-state index contributed by atoms with van der Waals surface area (Å²) in [7, 11) is 0. The standard InChI is InChI=1S/C15H12BrNO/c16-12-7-5-10(6-8-12)14-9-11-3-1-2-4-13(11)15(18)17-14/h1-8,14H,9H2,(H,17,18)/t14-/m0/s1. The summed E-state index contributed by atoms with van der Waals surface area (Å²) in [6, 6.07) is 16.0. The highest BCUT2D eigenvalue weighted by Crippen LogP contribution is 2.26. The molecular formula is C15H12BrNO. The molecule has 1 aliphatic heterocycles. The first-order valence-electron chi connectivity index (χ1n) is 5.88. The zero-order valence-electron chi connectivity index (χ0n) is 9.69. The normalized spacial score (nSPS) is 18.1. The van der Waals surface area contributed by atoms with E-state index in [1.165, 1.54) is 0 Å². The van der Waals surface area contributed by atoms with Gasteiger partial charge in [-0.05, 0) is 35.7 Å². The van der Waals surface area contributed by atoms with E-state index in [1.807, 2.05) is 48.5 Å². The first-order chi connectivity index (χ1) is 8.74. The number of rotatable bonds is 1. The maximum absolute atomic E-state index is 12.0. The molecule has 1 aliphatic rings. The number of amides is 1. The fraction of sp³-hybridized carbons (Fsp3) is 0.133. The molecule has 0 radical (unpaired) electrons. The molecule has 0 saturated heterocycles. The number of carbonyl (C=O) groups is 1. The molecule has 18 heavy (non-hydrogen) atoms. The lowest BCUT2D eigenvalue weighted by molar-refractivity contribution is 0.0925. The van der Waals surface area contributed by atoms with E-state index >= 15 is 0 Å². The second kappa shape index (κ2) is 4.58. The molecule has 2 nitrogen and oxygen atoms in total. The monoisotopic (exact) mass is 301 g/mol. The van der Waals surface area contributed by atoms with E-state index < -0.39 is 0 Å². The third-order valence-electron chi connectivity index (χ3n) is 3.26. The van der Waals surface area contributed by atoms with E-state index in [2.05, 4.69) is 21.2 Å². The van der Waals surface area contributed by atoms with Gasteiger partial charge in [-0.3, -0.25) is 4.79 Å². The highest BCUT2D eigenvalue weighted by molar-refractivity contribution is 9.10. The van der Waals surface area contributed by atoms with Gasteiger partial charge in [-0.2, -0.15) is 0 Å². The van der Waals surface area contributed by atoms with Gasteiger partial charge in [-0.25, -0.2) is 0 Å². The fourth-order valence-corrected chi connectivity index (χ4v) is 2.59. The van der Waals surface area contributed by atoms with Crippen molar-refractivity contribution in [2.75, 3.05) is 0 Å². The van der Waals surface area contributed by atoms with Crippen molar-refractivity contribution in [3.63, 3.8) is 0 Å². The number of carbonyl (C=O) groups excluding carboxylic acids is 1. The summed E-state index contributed by atoms with van der Waals surface area (Å²) in [5.74, 6) is 0.0183. The van der Waals surface area contributed by atoms with Crippen LogP contribution in [0.2, 0.25) is 0 Å². The van der Waals surface area contributed by atoms with Crippen LogP contribution in [0.5, 0.6) is 0 Å². The molecule has 3 rings (SSSR count). The first-order valence-corrected chi connectivity index (χ1v) is 6.67. The van der Waals surface area contributed by atoms with Crippen molar-refractivity contribution in [1.82, 2.24) is 5.32 Å². The highest BCUT2D eigenvalue weighted by Gasteiger charge is 2.24. The maximum Gasteiger partial charge on any atom is 0.252 e. The minimum Gasteiger partial charge on any atom is -0.345 e. The lowest BCUT2D eigenvalue weighted by Crippen LogP contribution is -2.35. The summed E-state index contributed by atoms with van der Waals surface area (Å²) in [6.45, 7) is 0. The molecule has 2 aromatic rings. The van der Waals surface area contributed by atoms with Crippen LogP contribution in [0, 0.1) is 0 Å². The van der Waals surface area contributed by atoms with Crippen molar-refractivity contribution in [3.8, 4) is 0 Å². The van der Waals surface area contributed by atoms with Gasteiger partial charge in [0.2, 0.25) is 0 Å². The molecule has 0 aliphatic carbocycles. The second-order valence-corrected chi connectivity index (χ2v) is 5.35. The Morgan fingerprint density at radius 2 is 1.78 bits per heavy atom. The molecule has 0 bridgehead atoms. The third-order valence-corrected chi connectivity index (χ3v) is 3.79. The van der Waals surface area contributed by atoms with Crippen molar-refractivity contribution in [2.45, 2.75) is 12.5 Å². The average molecular weight is 302 g/mol. The minimum absolute atomic E-state index is 0.0183. The van der Waals surface area contributed by atoms with Crippen molar-refractivity contribution >= 4 is 21.8 Å². The summed E-state index contributed by atoms with van der Waals surface area (Å²) in [5, 5.41) is 3.05. The van der Waals surface area contributed by atoms with E-state index in [0.717, 1.165) is 27.6 Å². The SMILES string of the molecule is O=C1N[C@H](c2ccc(Br)cc2)Cc2ccccc21. The van der Waals surface area contributed by atoms with Crippen molar-refractivity contribution in [3.05, 3.63) is 69.7 Å². The van der Waals surface area contributed by atoms with E-state index in [0.29, 0.717) is 0 Å². The Kier molecular flexibility index (Phi) is 2.92.